The zero-order chi connectivity index (χ0) is 22.6. The lowest BCUT2D eigenvalue weighted by Gasteiger charge is -2.18. The average molecular weight is 462 g/mol. The maximum Gasteiger partial charge on any atom is 0.261 e. The van der Waals surface area contributed by atoms with Gasteiger partial charge in [-0.15, -0.1) is 11.8 Å². The minimum absolute atomic E-state index is 0.0214. The number of thioether (sulfide) groups is 1. The molecule has 0 atom stereocenters. The monoisotopic (exact) mass is 461 g/mol. The molecule has 1 aliphatic heterocycles. The highest BCUT2D eigenvalue weighted by Crippen LogP contribution is 2.28. The van der Waals surface area contributed by atoms with E-state index in [-0.39, 0.29) is 34.0 Å². The summed E-state index contributed by atoms with van der Waals surface area (Å²) in [6.45, 7) is 5.02. The Morgan fingerprint density at radius 3 is 2.35 bits per heavy atom. The number of para-hydroxylation sites is 1. The van der Waals surface area contributed by atoms with Crippen molar-refractivity contribution in [3.05, 3.63) is 53.6 Å². The number of carbonyl (C=O) groups is 2. The van der Waals surface area contributed by atoms with Gasteiger partial charge in [0.1, 0.15) is 0 Å². The van der Waals surface area contributed by atoms with Gasteiger partial charge in [-0.25, -0.2) is 8.42 Å². The molecule has 0 aromatic heterocycles. The minimum Gasteiger partial charge on any atom is -0.350 e. The van der Waals surface area contributed by atoms with Gasteiger partial charge < -0.3 is 10.2 Å². The van der Waals surface area contributed by atoms with Crippen molar-refractivity contribution in [2.24, 2.45) is 0 Å². The largest absolute Gasteiger partial charge is 0.350 e. The Morgan fingerprint density at radius 1 is 1.03 bits per heavy atom. The van der Waals surface area contributed by atoms with Gasteiger partial charge in [-0.05, 0) is 63.3 Å². The zero-order valence-corrected chi connectivity index (χ0v) is 19.5. The number of nitrogens with one attached hydrogen (secondary N) is 2. The fourth-order valence-corrected chi connectivity index (χ4v) is 5.10. The number of hydrogen-bond donors (Lipinski definition) is 2. The number of amides is 2. The summed E-state index contributed by atoms with van der Waals surface area (Å²) in [5.74, 6) is -0.522. The number of nitrogens with zero attached hydrogens (tertiary/aromatic N) is 1. The standard InChI is InChI=1S/C22H27N3O4S2/c1-15(2)23-21(26)17-8-4-5-9-19(17)24-31(28,29)16-10-11-20(30-3)18(14-16)22(27)25-12-6-7-13-25/h4-5,8-11,14-15,24H,6-7,12-13H2,1-3H3,(H,23,26). The van der Waals surface area contributed by atoms with Gasteiger partial charge in [0.2, 0.25) is 0 Å². The Bertz CT molecular complexity index is 1080. The molecular weight excluding hydrogens is 434 g/mol. The second-order valence-electron chi connectivity index (χ2n) is 7.64. The average Bonchev–Trinajstić information content (AvgIpc) is 3.27. The van der Waals surface area contributed by atoms with E-state index in [0.29, 0.717) is 18.7 Å². The van der Waals surface area contributed by atoms with Gasteiger partial charge in [-0.1, -0.05) is 12.1 Å². The molecule has 0 aliphatic carbocycles. The van der Waals surface area contributed by atoms with Crippen molar-refractivity contribution < 1.29 is 18.0 Å². The number of likely N-dealkylation sites (tertiary alicyclic amines) is 1. The Labute approximate surface area is 187 Å². The van der Waals surface area contributed by atoms with Crippen molar-refractivity contribution in [3.8, 4) is 0 Å². The van der Waals surface area contributed by atoms with E-state index in [2.05, 4.69) is 10.0 Å². The number of benzene rings is 2. The van der Waals surface area contributed by atoms with Crippen LogP contribution in [0.2, 0.25) is 0 Å². The molecule has 2 N–H and O–H groups in total. The molecule has 0 radical (unpaired) electrons. The lowest BCUT2D eigenvalue weighted by atomic mass is 10.1. The topological polar surface area (TPSA) is 95.6 Å². The van der Waals surface area contributed by atoms with Gasteiger partial charge in [0.15, 0.2) is 0 Å². The van der Waals surface area contributed by atoms with Crippen molar-refractivity contribution in [1.29, 1.82) is 0 Å². The summed E-state index contributed by atoms with van der Waals surface area (Å²) in [5.41, 5.74) is 0.791. The van der Waals surface area contributed by atoms with Crippen LogP contribution in [0.1, 0.15) is 47.4 Å². The Morgan fingerprint density at radius 2 is 1.71 bits per heavy atom. The van der Waals surface area contributed by atoms with Gasteiger partial charge in [0.25, 0.3) is 21.8 Å². The molecule has 31 heavy (non-hydrogen) atoms. The predicted molar refractivity (Wildman–Crippen MR) is 123 cm³/mol. The lowest BCUT2D eigenvalue weighted by Crippen LogP contribution is -2.31. The fraction of sp³-hybridized carbons (Fsp3) is 0.364. The van der Waals surface area contributed by atoms with Crippen LogP contribution in [0.25, 0.3) is 0 Å². The predicted octanol–water partition coefficient (Wildman–Crippen LogP) is 3.58. The third-order valence-electron chi connectivity index (χ3n) is 4.94. The van der Waals surface area contributed by atoms with Crippen molar-refractivity contribution in [2.75, 3.05) is 24.1 Å². The summed E-state index contributed by atoms with van der Waals surface area (Å²) in [7, 11) is -4.01. The minimum atomic E-state index is -4.01. The molecule has 1 heterocycles. The molecule has 3 rings (SSSR count). The molecule has 1 aliphatic rings. The maximum atomic E-state index is 13.1. The summed E-state index contributed by atoms with van der Waals surface area (Å²) in [6.07, 6.45) is 3.76. The molecule has 1 saturated heterocycles. The normalized spacial score (nSPS) is 14.0. The number of hydrogen-bond acceptors (Lipinski definition) is 5. The van der Waals surface area contributed by atoms with Gasteiger partial charge in [0, 0.05) is 24.0 Å². The fourth-order valence-electron chi connectivity index (χ4n) is 3.43. The van der Waals surface area contributed by atoms with Crippen LogP contribution in [0.5, 0.6) is 0 Å². The van der Waals surface area contributed by atoms with E-state index in [9.17, 15) is 18.0 Å². The van der Waals surface area contributed by atoms with E-state index in [1.807, 2.05) is 20.1 Å². The summed E-state index contributed by atoms with van der Waals surface area (Å²) < 4.78 is 28.7. The van der Waals surface area contributed by atoms with Gasteiger partial charge >= 0.3 is 0 Å². The molecule has 1 fully saturated rings. The van der Waals surface area contributed by atoms with Crippen LogP contribution in [0.4, 0.5) is 5.69 Å². The third-order valence-corrected chi connectivity index (χ3v) is 7.10. The summed E-state index contributed by atoms with van der Waals surface area (Å²) in [4.78, 5) is 27.9. The Kier molecular flexibility index (Phi) is 7.27. The summed E-state index contributed by atoms with van der Waals surface area (Å²) in [6, 6.07) is 10.9. The molecule has 0 bridgehead atoms. The highest BCUT2D eigenvalue weighted by atomic mass is 32.2. The van der Waals surface area contributed by atoms with Crippen LogP contribution in [0, 0.1) is 0 Å². The Balaban J connectivity index is 1.94. The van der Waals surface area contributed by atoms with Crippen LogP contribution in [0.15, 0.2) is 52.3 Å². The van der Waals surface area contributed by atoms with E-state index < -0.39 is 10.0 Å². The Hall–Kier alpha value is -2.52. The first-order valence-corrected chi connectivity index (χ1v) is 12.8. The number of anilines is 1. The van der Waals surface area contributed by atoms with E-state index in [0.717, 1.165) is 17.7 Å². The molecule has 2 aromatic rings. The molecule has 2 amide bonds. The van der Waals surface area contributed by atoms with Crippen molar-refractivity contribution in [1.82, 2.24) is 10.2 Å². The molecule has 2 aromatic carbocycles. The van der Waals surface area contributed by atoms with Gasteiger partial charge in [-0.3, -0.25) is 14.3 Å². The molecule has 0 unspecified atom stereocenters. The molecule has 166 valence electrons. The second kappa shape index (κ2) is 9.74. The van der Waals surface area contributed by atoms with Gasteiger partial charge in [0.05, 0.1) is 21.7 Å². The summed E-state index contributed by atoms with van der Waals surface area (Å²) >= 11 is 1.40. The van der Waals surface area contributed by atoms with E-state index in [4.69, 9.17) is 0 Å². The molecule has 7 nitrogen and oxygen atoms in total. The second-order valence-corrected chi connectivity index (χ2v) is 10.2. The maximum absolute atomic E-state index is 13.1. The molecule has 0 spiro atoms. The van der Waals surface area contributed by atoms with Crippen LogP contribution >= 0.6 is 11.8 Å². The zero-order valence-electron chi connectivity index (χ0n) is 17.8. The first-order valence-electron chi connectivity index (χ1n) is 10.1. The van der Waals surface area contributed by atoms with E-state index >= 15 is 0 Å². The van der Waals surface area contributed by atoms with E-state index in [1.165, 1.54) is 23.9 Å². The highest BCUT2D eigenvalue weighted by molar-refractivity contribution is 7.98. The highest BCUT2D eigenvalue weighted by Gasteiger charge is 2.25. The molecule has 9 heteroatoms. The first-order chi connectivity index (χ1) is 14.7. The van der Waals surface area contributed by atoms with Crippen LogP contribution in [0.3, 0.4) is 0 Å². The van der Waals surface area contributed by atoms with Crippen molar-refractivity contribution in [3.63, 3.8) is 0 Å². The van der Waals surface area contributed by atoms with Gasteiger partial charge in [-0.2, -0.15) is 0 Å². The first kappa shape index (κ1) is 23.1. The SMILES string of the molecule is CSc1ccc(S(=O)(=O)Nc2ccccc2C(=O)NC(C)C)cc1C(=O)N1CCCC1. The lowest BCUT2D eigenvalue weighted by molar-refractivity contribution is 0.0788. The number of sulfonamides is 1. The third kappa shape index (κ3) is 5.40. The van der Waals surface area contributed by atoms with Crippen LogP contribution in [-0.4, -0.2) is 50.5 Å². The van der Waals surface area contributed by atoms with Crippen molar-refractivity contribution >= 4 is 39.3 Å². The smallest absolute Gasteiger partial charge is 0.261 e. The van der Waals surface area contributed by atoms with Crippen LogP contribution < -0.4 is 10.0 Å². The number of rotatable bonds is 7. The molecule has 0 saturated carbocycles. The van der Waals surface area contributed by atoms with Crippen LogP contribution in [-0.2, 0) is 10.0 Å². The van der Waals surface area contributed by atoms with Crippen molar-refractivity contribution in [2.45, 2.75) is 42.5 Å². The number of carbonyl (C=O) groups excluding carboxylic acids is 2. The summed E-state index contributed by atoms with van der Waals surface area (Å²) in [5, 5.41) is 2.77. The van der Waals surface area contributed by atoms with E-state index in [1.54, 1.807) is 35.2 Å². The quantitative estimate of drug-likeness (QED) is 0.615. The molecular formula is C22H27N3O4S2.